The van der Waals surface area contributed by atoms with E-state index < -0.39 is 17.7 Å². The predicted molar refractivity (Wildman–Crippen MR) is 109 cm³/mol. The maximum absolute atomic E-state index is 11.7. The Bertz CT molecular complexity index is 744. The Kier molecular flexibility index (Phi) is 6.38. The summed E-state index contributed by atoms with van der Waals surface area (Å²) in [5.74, 6) is -1.09. The van der Waals surface area contributed by atoms with Crippen LogP contribution < -0.4 is 0 Å². The topological polar surface area (TPSA) is 81.0 Å². The van der Waals surface area contributed by atoms with Crippen molar-refractivity contribution < 1.29 is 20.1 Å². The molecule has 2 atom stereocenters. The summed E-state index contributed by atoms with van der Waals surface area (Å²) in [5.41, 5.74) is 0.509. The summed E-state index contributed by atoms with van der Waals surface area (Å²) in [5, 5.41) is 35.9. The summed E-state index contributed by atoms with van der Waals surface area (Å²) >= 11 is 2.93. The van der Waals surface area contributed by atoms with E-state index in [1.54, 1.807) is 0 Å². The Balaban J connectivity index is 1.78. The fourth-order valence-corrected chi connectivity index (χ4v) is 6.13. The van der Waals surface area contributed by atoms with E-state index in [9.17, 15) is 20.1 Å². The number of nitrogens with zero attached hydrogens (tertiary/aromatic N) is 1. The Hall–Kier alpha value is -1.25. The third-order valence-corrected chi connectivity index (χ3v) is 7.75. The van der Waals surface area contributed by atoms with Gasteiger partial charge in [0.25, 0.3) is 0 Å². The number of piperidine rings is 1. The lowest BCUT2D eigenvalue weighted by atomic mass is 9.87. The minimum atomic E-state index is -1.43. The van der Waals surface area contributed by atoms with Crippen molar-refractivity contribution in [3.05, 3.63) is 43.8 Å². The van der Waals surface area contributed by atoms with E-state index in [1.807, 2.05) is 36.7 Å². The van der Waals surface area contributed by atoms with Crippen molar-refractivity contribution in [3.63, 3.8) is 0 Å². The number of hydrogen-bond donors (Lipinski definition) is 3. The molecular formula is C20H27NO4S2. The van der Waals surface area contributed by atoms with Crippen LogP contribution in [0.1, 0.15) is 40.1 Å². The van der Waals surface area contributed by atoms with Crippen LogP contribution in [0.4, 0.5) is 0 Å². The second-order valence-electron chi connectivity index (χ2n) is 7.41. The minimum Gasteiger partial charge on any atom is -0.481 e. The molecule has 0 aliphatic carbocycles. The Morgan fingerprint density at radius 2 is 1.85 bits per heavy atom. The fourth-order valence-electron chi connectivity index (χ4n) is 3.91. The molecule has 1 aliphatic heterocycles. The van der Waals surface area contributed by atoms with E-state index in [4.69, 9.17) is 0 Å². The summed E-state index contributed by atoms with van der Waals surface area (Å²) < 4.78 is 0. The van der Waals surface area contributed by atoms with Gasteiger partial charge in [-0.25, -0.2) is 0 Å². The van der Waals surface area contributed by atoms with Gasteiger partial charge in [-0.3, -0.25) is 4.79 Å². The maximum atomic E-state index is 11.7. The van der Waals surface area contributed by atoms with Gasteiger partial charge in [-0.1, -0.05) is 0 Å². The van der Waals surface area contributed by atoms with Gasteiger partial charge >= 0.3 is 5.97 Å². The molecule has 1 saturated heterocycles. The largest absolute Gasteiger partial charge is 0.481 e. The Morgan fingerprint density at radius 1 is 1.26 bits per heavy atom. The van der Waals surface area contributed by atoms with Gasteiger partial charge in [-0.05, 0) is 73.7 Å². The summed E-state index contributed by atoms with van der Waals surface area (Å²) in [4.78, 5) is 14.9. The standard InChI is InChI=1S/C20H27NO4S2/c1-13-6-10-26-17(13)20(25,18-14(2)7-11-27-18)16(22)5-9-21-8-3-4-15(12-21)19(23)24/h6-7,10-11,15-16,22,25H,3-5,8-9,12H2,1-2H3,(H,23,24)/t15-,16?/m1/s1. The highest BCUT2D eigenvalue weighted by Crippen LogP contribution is 2.43. The van der Waals surface area contributed by atoms with Crippen molar-refractivity contribution in [2.24, 2.45) is 5.92 Å². The highest BCUT2D eigenvalue weighted by molar-refractivity contribution is 7.12. The van der Waals surface area contributed by atoms with Crippen LogP contribution in [0.5, 0.6) is 0 Å². The number of rotatable bonds is 7. The van der Waals surface area contributed by atoms with E-state index in [0.29, 0.717) is 25.9 Å². The van der Waals surface area contributed by atoms with Gasteiger partial charge in [0.15, 0.2) is 5.60 Å². The number of carboxylic acids is 1. The molecule has 27 heavy (non-hydrogen) atoms. The molecule has 1 aliphatic rings. The number of hydrogen-bond acceptors (Lipinski definition) is 6. The SMILES string of the molecule is Cc1ccsc1C(O)(c1sccc1C)C(O)CCN1CCC[C@@H](C(=O)O)C1. The van der Waals surface area contributed by atoms with Crippen molar-refractivity contribution in [2.45, 2.75) is 44.8 Å². The van der Waals surface area contributed by atoms with E-state index in [1.165, 1.54) is 22.7 Å². The van der Waals surface area contributed by atoms with Gasteiger partial charge in [0.1, 0.15) is 0 Å². The van der Waals surface area contributed by atoms with Gasteiger partial charge in [0.05, 0.1) is 12.0 Å². The van der Waals surface area contributed by atoms with Crippen LogP contribution in [-0.2, 0) is 10.4 Å². The second-order valence-corrected chi connectivity index (χ2v) is 9.25. The normalized spacial score (nSPS) is 19.9. The first-order chi connectivity index (χ1) is 12.8. The number of aliphatic hydroxyl groups is 2. The number of thiophene rings is 2. The molecule has 0 radical (unpaired) electrons. The zero-order valence-electron chi connectivity index (χ0n) is 15.7. The van der Waals surface area contributed by atoms with Crippen molar-refractivity contribution in [2.75, 3.05) is 19.6 Å². The van der Waals surface area contributed by atoms with Crippen LogP contribution in [0.3, 0.4) is 0 Å². The van der Waals surface area contributed by atoms with Crippen LogP contribution in [-0.4, -0.2) is 51.9 Å². The summed E-state index contributed by atoms with van der Waals surface area (Å²) in [7, 11) is 0. The van der Waals surface area contributed by atoms with Crippen molar-refractivity contribution in [3.8, 4) is 0 Å². The molecule has 3 heterocycles. The number of carboxylic acid groups (broad SMARTS) is 1. The van der Waals surface area contributed by atoms with Gasteiger partial charge in [-0.2, -0.15) is 0 Å². The molecule has 1 fully saturated rings. The lowest BCUT2D eigenvalue weighted by Gasteiger charge is -2.36. The molecule has 0 spiro atoms. The number of aliphatic carboxylic acids is 1. The smallest absolute Gasteiger partial charge is 0.307 e. The summed E-state index contributed by atoms with van der Waals surface area (Å²) in [6, 6.07) is 3.92. The highest BCUT2D eigenvalue weighted by atomic mass is 32.1. The second kappa shape index (κ2) is 8.41. The molecule has 7 heteroatoms. The first-order valence-corrected chi connectivity index (χ1v) is 11.0. The molecule has 0 amide bonds. The number of carbonyl (C=O) groups is 1. The lowest BCUT2D eigenvalue weighted by Crippen LogP contribution is -2.44. The third-order valence-electron chi connectivity index (χ3n) is 5.47. The first kappa shape index (κ1) is 20.5. The fraction of sp³-hybridized carbons (Fsp3) is 0.550. The molecule has 2 aromatic rings. The van der Waals surface area contributed by atoms with Gasteiger partial charge < -0.3 is 20.2 Å². The Labute approximate surface area is 167 Å². The molecule has 1 unspecified atom stereocenters. The van der Waals surface area contributed by atoms with E-state index in [-0.39, 0.29) is 5.92 Å². The van der Waals surface area contributed by atoms with Crippen LogP contribution in [0.2, 0.25) is 0 Å². The summed E-state index contributed by atoms with van der Waals surface area (Å²) in [6.07, 6.45) is 0.988. The molecule has 0 bridgehead atoms. The molecule has 0 aromatic carbocycles. The minimum absolute atomic E-state index is 0.339. The molecule has 2 aromatic heterocycles. The molecule has 5 nitrogen and oxygen atoms in total. The molecule has 3 N–H and O–H groups in total. The zero-order chi connectivity index (χ0) is 19.6. The number of aliphatic hydroxyl groups excluding tert-OH is 1. The van der Waals surface area contributed by atoms with Crippen molar-refractivity contribution in [1.82, 2.24) is 4.90 Å². The van der Waals surface area contributed by atoms with Crippen LogP contribution in [0.15, 0.2) is 22.9 Å². The monoisotopic (exact) mass is 409 g/mol. The number of aryl methyl sites for hydroxylation is 2. The third kappa shape index (κ3) is 4.12. The van der Waals surface area contributed by atoms with Crippen LogP contribution in [0.25, 0.3) is 0 Å². The van der Waals surface area contributed by atoms with E-state index in [0.717, 1.165) is 33.8 Å². The van der Waals surface area contributed by atoms with Gasteiger partial charge in [-0.15, -0.1) is 22.7 Å². The molecular weight excluding hydrogens is 382 g/mol. The Morgan fingerprint density at radius 3 is 2.33 bits per heavy atom. The van der Waals surface area contributed by atoms with E-state index >= 15 is 0 Å². The van der Waals surface area contributed by atoms with Crippen molar-refractivity contribution >= 4 is 28.6 Å². The molecule has 3 rings (SSSR count). The molecule has 148 valence electrons. The predicted octanol–water partition coefficient (Wildman–Crippen LogP) is 3.21. The van der Waals surface area contributed by atoms with Gasteiger partial charge in [0.2, 0.25) is 0 Å². The number of likely N-dealkylation sites (tertiary alicyclic amines) is 1. The average molecular weight is 410 g/mol. The lowest BCUT2D eigenvalue weighted by molar-refractivity contribution is -0.143. The van der Waals surface area contributed by atoms with Crippen LogP contribution in [0, 0.1) is 19.8 Å². The zero-order valence-corrected chi connectivity index (χ0v) is 17.4. The average Bonchev–Trinajstić information content (AvgIpc) is 3.28. The quantitative estimate of drug-likeness (QED) is 0.654. The van der Waals surface area contributed by atoms with E-state index in [2.05, 4.69) is 4.90 Å². The highest BCUT2D eigenvalue weighted by Gasteiger charge is 2.43. The van der Waals surface area contributed by atoms with Crippen molar-refractivity contribution in [1.29, 1.82) is 0 Å². The van der Waals surface area contributed by atoms with Crippen LogP contribution >= 0.6 is 22.7 Å². The molecule has 0 saturated carbocycles. The first-order valence-electron chi connectivity index (χ1n) is 9.28. The maximum Gasteiger partial charge on any atom is 0.307 e. The summed E-state index contributed by atoms with van der Waals surface area (Å²) in [6.45, 7) is 5.83. The van der Waals surface area contributed by atoms with Gasteiger partial charge in [0, 0.05) is 22.8 Å².